The van der Waals surface area contributed by atoms with Crippen LogP contribution in [0, 0.1) is 0 Å². The molecule has 0 aliphatic carbocycles. The molecular weight excluding hydrogens is 499 g/mol. The Hall–Kier alpha value is -3.18. The number of hydrogen-bond donors (Lipinski definition) is 0. The summed E-state index contributed by atoms with van der Waals surface area (Å²) in [6.07, 6.45) is -13.4. The van der Waals surface area contributed by atoms with Crippen LogP contribution in [-0.2, 0) is 17.1 Å². The highest BCUT2D eigenvalue weighted by molar-refractivity contribution is 5.91. The van der Waals surface area contributed by atoms with Gasteiger partial charge in [-0.15, -0.1) is 0 Å². The van der Waals surface area contributed by atoms with E-state index in [2.05, 4.69) is 0 Å². The fraction of sp³-hybridized carbons (Fsp3) is 0.458. The molecule has 0 saturated carbocycles. The first-order valence-corrected chi connectivity index (χ1v) is 10.9. The van der Waals surface area contributed by atoms with Crippen LogP contribution in [0.2, 0.25) is 0 Å². The molecule has 0 unspecified atom stereocenters. The third-order valence-electron chi connectivity index (χ3n) is 5.97. The number of alkyl halides is 7. The Bertz CT molecular complexity index is 1080. The van der Waals surface area contributed by atoms with Crippen LogP contribution in [0.25, 0.3) is 0 Å². The first-order chi connectivity index (χ1) is 16.7. The maximum atomic E-state index is 16.0. The quantitative estimate of drug-likeness (QED) is 0.386. The van der Waals surface area contributed by atoms with Gasteiger partial charge in [0.2, 0.25) is 0 Å². The summed E-state index contributed by atoms with van der Waals surface area (Å²) in [5, 5.41) is 0. The monoisotopic (exact) mass is 523 g/mol. The zero-order chi connectivity index (χ0) is 27.0. The van der Waals surface area contributed by atoms with E-state index < -0.39 is 53.3 Å². The van der Waals surface area contributed by atoms with Crippen LogP contribution in [0.3, 0.4) is 0 Å². The molecule has 0 aromatic heterocycles. The Labute approximate surface area is 202 Å². The van der Waals surface area contributed by atoms with Crippen LogP contribution in [0.5, 0.6) is 11.5 Å². The Balaban J connectivity index is 2.20. The third kappa shape index (κ3) is 5.31. The lowest BCUT2D eigenvalue weighted by Gasteiger charge is -2.40. The summed E-state index contributed by atoms with van der Waals surface area (Å²) >= 11 is 0. The number of nitrogens with zero attached hydrogens (tertiary/aromatic N) is 1. The van der Waals surface area contributed by atoms with Gasteiger partial charge in [0.25, 0.3) is 0 Å². The number of methoxy groups -OCH3 is 2. The lowest BCUT2D eigenvalue weighted by molar-refractivity contribution is -0.143. The number of hydrogen-bond acceptors (Lipinski definition) is 4. The number of rotatable bonds is 5. The summed E-state index contributed by atoms with van der Waals surface area (Å²) in [4.78, 5) is 13.9. The summed E-state index contributed by atoms with van der Waals surface area (Å²) in [5.74, 6) is -0.871. The van der Waals surface area contributed by atoms with E-state index in [9.17, 15) is 31.1 Å². The number of halogens is 7. The van der Waals surface area contributed by atoms with Crippen molar-refractivity contribution in [3.05, 3.63) is 52.6 Å². The molecule has 3 atom stereocenters. The number of anilines is 1. The van der Waals surface area contributed by atoms with Gasteiger partial charge >= 0.3 is 18.4 Å². The molecule has 1 aliphatic rings. The Morgan fingerprint density at radius 2 is 1.50 bits per heavy atom. The molecule has 1 aliphatic heterocycles. The minimum absolute atomic E-state index is 0.0459. The summed E-state index contributed by atoms with van der Waals surface area (Å²) in [6.45, 7) is 3.21. The topological polar surface area (TPSA) is 48.0 Å². The highest BCUT2D eigenvalue weighted by Gasteiger charge is 2.42. The second kappa shape index (κ2) is 10.1. The standard InChI is InChI=1S/C24H24F7NO4/c1-5-36-22(33)32-12(2)6-17(16-10-19(34-3)20(35-4)11-18(16)32)21(25)13-7-14(23(26,27)28)9-15(8-13)24(29,30)31/h7-12,17,21H,5-6H2,1-4H3/t12-,17-,21-/m1/s1. The third-order valence-corrected chi connectivity index (χ3v) is 5.97. The molecule has 36 heavy (non-hydrogen) atoms. The molecule has 0 radical (unpaired) electrons. The molecule has 5 nitrogen and oxygen atoms in total. The van der Waals surface area contributed by atoms with Crippen molar-refractivity contribution in [1.82, 2.24) is 0 Å². The normalized spacial score (nSPS) is 18.9. The predicted molar refractivity (Wildman–Crippen MR) is 116 cm³/mol. The van der Waals surface area contributed by atoms with Crippen molar-refractivity contribution < 1.29 is 49.7 Å². The van der Waals surface area contributed by atoms with Crippen LogP contribution in [-0.4, -0.2) is 33.0 Å². The van der Waals surface area contributed by atoms with Gasteiger partial charge in [-0.05, 0) is 55.7 Å². The van der Waals surface area contributed by atoms with E-state index in [0.29, 0.717) is 12.1 Å². The number of benzene rings is 2. The van der Waals surface area contributed by atoms with Crippen LogP contribution in [0.1, 0.15) is 54.6 Å². The van der Waals surface area contributed by atoms with Gasteiger partial charge < -0.3 is 14.2 Å². The van der Waals surface area contributed by atoms with Crippen molar-refractivity contribution in [2.75, 3.05) is 25.7 Å². The first kappa shape index (κ1) is 27.4. The van der Waals surface area contributed by atoms with Crippen LogP contribution in [0.4, 0.5) is 41.2 Å². The molecule has 3 rings (SSSR count). The predicted octanol–water partition coefficient (Wildman–Crippen LogP) is 7.29. The second-order valence-electron chi connectivity index (χ2n) is 8.27. The zero-order valence-electron chi connectivity index (χ0n) is 19.8. The van der Waals surface area contributed by atoms with Crippen molar-refractivity contribution in [1.29, 1.82) is 0 Å². The van der Waals surface area contributed by atoms with Gasteiger partial charge in [-0.2, -0.15) is 26.3 Å². The smallest absolute Gasteiger partial charge is 0.416 e. The largest absolute Gasteiger partial charge is 0.493 e. The SMILES string of the molecule is CCOC(=O)N1c2cc(OC)c(OC)cc2[C@H]([C@H](F)c2cc(C(F)(F)F)cc(C(F)(F)F)c2)C[C@H]1C. The van der Waals surface area contributed by atoms with E-state index in [4.69, 9.17) is 14.2 Å². The van der Waals surface area contributed by atoms with Crippen molar-refractivity contribution in [3.63, 3.8) is 0 Å². The minimum Gasteiger partial charge on any atom is -0.493 e. The number of carbonyl (C=O) groups excluding carboxylic acids is 1. The molecule has 0 spiro atoms. The molecular formula is C24H24F7NO4. The Morgan fingerprint density at radius 3 is 1.97 bits per heavy atom. The second-order valence-corrected chi connectivity index (χ2v) is 8.27. The van der Waals surface area contributed by atoms with Gasteiger partial charge in [0.05, 0.1) is 37.6 Å². The summed E-state index contributed by atoms with van der Waals surface area (Å²) in [6, 6.07) is 2.76. The van der Waals surface area contributed by atoms with Gasteiger partial charge in [-0.1, -0.05) is 0 Å². The average Bonchev–Trinajstić information content (AvgIpc) is 2.80. The molecule has 198 valence electrons. The maximum Gasteiger partial charge on any atom is 0.416 e. The molecule has 0 saturated heterocycles. The lowest BCUT2D eigenvalue weighted by Crippen LogP contribution is -2.44. The van der Waals surface area contributed by atoms with Crippen molar-refractivity contribution >= 4 is 11.8 Å². The van der Waals surface area contributed by atoms with Gasteiger partial charge in [0.1, 0.15) is 6.17 Å². The fourth-order valence-electron chi connectivity index (χ4n) is 4.35. The first-order valence-electron chi connectivity index (χ1n) is 10.9. The van der Waals surface area contributed by atoms with Crippen molar-refractivity contribution in [2.24, 2.45) is 0 Å². The van der Waals surface area contributed by atoms with Crippen molar-refractivity contribution in [2.45, 2.75) is 50.8 Å². The average molecular weight is 523 g/mol. The molecule has 2 aromatic rings. The minimum atomic E-state index is -5.12. The van der Waals surface area contributed by atoms with E-state index in [0.717, 1.165) is 0 Å². The highest BCUT2D eigenvalue weighted by Crippen LogP contribution is 2.51. The maximum absolute atomic E-state index is 16.0. The number of amides is 1. The molecule has 1 amide bonds. The Morgan fingerprint density at radius 1 is 0.972 bits per heavy atom. The molecule has 1 heterocycles. The fourth-order valence-corrected chi connectivity index (χ4v) is 4.35. The summed E-state index contributed by atoms with van der Waals surface area (Å²) < 4.78 is 112. The highest BCUT2D eigenvalue weighted by atomic mass is 19.4. The number of fused-ring (bicyclic) bond motifs is 1. The van der Waals surface area contributed by atoms with Gasteiger partial charge in [-0.25, -0.2) is 9.18 Å². The summed E-state index contributed by atoms with van der Waals surface area (Å²) in [5.41, 5.74) is -3.70. The molecule has 0 bridgehead atoms. The van der Waals surface area contributed by atoms with E-state index in [-0.39, 0.29) is 41.8 Å². The lowest BCUT2D eigenvalue weighted by atomic mass is 9.80. The van der Waals surface area contributed by atoms with Crippen LogP contribution >= 0.6 is 0 Å². The van der Waals surface area contributed by atoms with E-state index in [1.165, 1.54) is 31.3 Å². The van der Waals surface area contributed by atoms with Crippen LogP contribution in [0.15, 0.2) is 30.3 Å². The Kier molecular flexibility index (Phi) is 7.66. The number of carbonyl (C=O) groups is 1. The van der Waals surface area contributed by atoms with E-state index in [1.807, 2.05) is 0 Å². The van der Waals surface area contributed by atoms with Gasteiger partial charge in [0.15, 0.2) is 11.5 Å². The molecule has 0 fully saturated rings. The van der Waals surface area contributed by atoms with Crippen LogP contribution < -0.4 is 14.4 Å². The molecule has 12 heteroatoms. The van der Waals surface area contributed by atoms with E-state index in [1.54, 1.807) is 13.8 Å². The number of ether oxygens (including phenoxy) is 3. The van der Waals surface area contributed by atoms with Gasteiger partial charge in [-0.3, -0.25) is 4.90 Å². The zero-order valence-corrected chi connectivity index (χ0v) is 19.8. The molecule has 0 N–H and O–H groups in total. The van der Waals surface area contributed by atoms with Gasteiger partial charge in [0, 0.05) is 18.0 Å². The molecule has 2 aromatic carbocycles. The van der Waals surface area contributed by atoms with E-state index >= 15 is 4.39 Å². The van der Waals surface area contributed by atoms with Crippen molar-refractivity contribution in [3.8, 4) is 11.5 Å². The summed E-state index contributed by atoms with van der Waals surface area (Å²) in [7, 11) is 2.64.